The van der Waals surface area contributed by atoms with E-state index in [1.807, 2.05) is 24.3 Å². The molecule has 2 rings (SSSR count). The number of para-hydroxylation sites is 1. The van der Waals surface area contributed by atoms with E-state index in [0.717, 1.165) is 17.7 Å². The number of hydrogen-bond acceptors (Lipinski definition) is 4. The van der Waals surface area contributed by atoms with Crippen molar-refractivity contribution in [3.05, 3.63) is 53.7 Å². The zero-order valence-corrected chi connectivity index (χ0v) is 14.5. The van der Waals surface area contributed by atoms with Crippen molar-refractivity contribution >= 4 is 11.7 Å². The van der Waals surface area contributed by atoms with Crippen LogP contribution in [0.15, 0.2) is 42.6 Å². The van der Waals surface area contributed by atoms with Gasteiger partial charge in [0.05, 0.1) is 7.11 Å². The predicted molar refractivity (Wildman–Crippen MR) is 96.6 cm³/mol. The minimum Gasteiger partial charge on any atom is -0.496 e. The number of aromatic nitrogens is 1. The van der Waals surface area contributed by atoms with Gasteiger partial charge in [0.25, 0.3) is 5.91 Å². The smallest absolute Gasteiger partial charge is 0.251 e. The largest absolute Gasteiger partial charge is 0.496 e. The van der Waals surface area contributed by atoms with Gasteiger partial charge in [0.15, 0.2) is 0 Å². The summed E-state index contributed by atoms with van der Waals surface area (Å²) in [6.07, 6.45) is 2.46. The van der Waals surface area contributed by atoms with Gasteiger partial charge >= 0.3 is 0 Å². The first-order chi connectivity index (χ1) is 11.6. The van der Waals surface area contributed by atoms with Crippen molar-refractivity contribution in [2.24, 2.45) is 5.92 Å². The van der Waals surface area contributed by atoms with Gasteiger partial charge in [-0.05, 0) is 36.1 Å². The van der Waals surface area contributed by atoms with Gasteiger partial charge in [0.2, 0.25) is 0 Å². The molecule has 1 heterocycles. The number of ether oxygens (including phenoxy) is 1. The summed E-state index contributed by atoms with van der Waals surface area (Å²) >= 11 is 0. The van der Waals surface area contributed by atoms with E-state index in [-0.39, 0.29) is 5.91 Å². The fourth-order valence-corrected chi connectivity index (χ4v) is 2.30. The number of pyridine rings is 1. The van der Waals surface area contributed by atoms with Gasteiger partial charge in [-0.15, -0.1) is 0 Å². The van der Waals surface area contributed by atoms with E-state index in [2.05, 4.69) is 29.5 Å². The standard InChI is InChI=1S/C19H25N3O2/c1-14(2)13-22-19(23)16-9-11-21-18(12-16)20-10-8-15-6-4-5-7-17(15)24-3/h4-7,9,11-12,14H,8,10,13H2,1-3H3,(H,20,21)(H,22,23). The van der Waals surface area contributed by atoms with Gasteiger partial charge in [0.1, 0.15) is 11.6 Å². The normalized spacial score (nSPS) is 10.5. The first kappa shape index (κ1) is 17.8. The third-order valence-corrected chi connectivity index (χ3v) is 3.59. The van der Waals surface area contributed by atoms with Gasteiger partial charge in [-0.1, -0.05) is 32.0 Å². The zero-order valence-electron chi connectivity index (χ0n) is 14.5. The number of nitrogens with one attached hydrogen (secondary N) is 2. The minimum atomic E-state index is -0.0705. The van der Waals surface area contributed by atoms with Crippen molar-refractivity contribution in [3.63, 3.8) is 0 Å². The number of benzene rings is 1. The molecule has 0 aliphatic heterocycles. The van der Waals surface area contributed by atoms with E-state index >= 15 is 0 Å². The summed E-state index contributed by atoms with van der Waals surface area (Å²) < 4.78 is 5.35. The van der Waals surface area contributed by atoms with E-state index in [1.54, 1.807) is 25.4 Å². The Morgan fingerprint density at radius 2 is 2.04 bits per heavy atom. The quantitative estimate of drug-likeness (QED) is 0.782. The van der Waals surface area contributed by atoms with Gasteiger partial charge in [-0.3, -0.25) is 4.79 Å². The average Bonchev–Trinajstić information content (AvgIpc) is 2.60. The monoisotopic (exact) mass is 327 g/mol. The molecule has 0 unspecified atom stereocenters. The van der Waals surface area contributed by atoms with Crippen LogP contribution in [0, 0.1) is 5.92 Å². The van der Waals surface area contributed by atoms with Crippen LogP contribution >= 0.6 is 0 Å². The molecule has 0 radical (unpaired) electrons. The number of carbonyl (C=O) groups is 1. The van der Waals surface area contributed by atoms with E-state index in [4.69, 9.17) is 4.74 Å². The second-order valence-electron chi connectivity index (χ2n) is 6.02. The molecular formula is C19H25N3O2. The second kappa shape index (κ2) is 8.91. The lowest BCUT2D eigenvalue weighted by atomic mass is 10.1. The molecule has 1 aromatic carbocycles. The Morgan fingerprint density at radius 3 is 2.79 bits per heavy atom. The maximum Gasteiger partial charge on any atom is 0.251 e. The van der Waals surface area contributed by atoms with Crippen LogP contribution in [0.2, 0.25) is 0 Å². The summed E-state index contributed by atoms with van der Waals surface area (Å²) in [6, 6.07) is 11.4. The Kier molecular flexibility index (Phi) is 6.61. The molecule has 0 aliphatic rings. The van der Waals surface area contributed by atoms with Crippen molar-refractivity contribution in [3.8, 4) is 5.75 Å². The summed E-state index contributed by atoms with van der Waals surface area (Å²) in [5.41, 5.74) is 1.75. The summed E-state index contributed by atoms with van der Waals surface area (Å²) in [7, 11) is 1.67. The van der Waals surface area contributed by atoms with Crippen LogP contribution in [0.3, 0.4) is 0 Å². The van der Waals surface area contributed by atoms with E-state index in [1.165, 1.54) is 0 Å². The summed E-state index contributed by atoms with van der Waals surface area (Å²) in [5.74, 6) is 1.93. The van der Waals surface area contributed by atoms with E-state index < -0.39 is 0 Å². The van der Waals surface area contributed by atoms with E-state index in [0.29, 0.717) is 30.4 Å². The number of hydrogen-bond donors (Lipinski definition) is 2. The van der Waals surface area contributed by atoms with Crippen LogP contribution in [0.1, 0.15) is 29.8 Å². The molecule has 24 heavy (non-hydrogen) atoms. The van der Waals surface area contributed by atoms with Crippen molar-refractivity contribution in [1.82, 2.24) is 10.3 Å². The zero-order chi connectivity index (χ0) is 17.4. The predicted octanol–water partition coefficient (Wildman–Crippen LogP) is 3.13. The maximum absolute atomic E-state index is 12.1. The molecule has 128 valence electrons. The number of amides is 1. The summed E-state index contributed by atoms with van der Waals surface area (Å²) in [5, 5.41) is 6.17. The molecule has 5 heteroatoms. The van der Waals surface area contributed by atoms with Crippen molar-refractivity contribution in [2.75, 3.05) is 25.5 Å². The number of rotatable bonds is 8. The average molecular weight is 327 g/mol. The summed E-state index contributed by atoms with van der Waals surface area (Å²) in [6.45, 7) is 5.51. The minimum absolute atomic E-state index is 0.0705. The van der Waals surface area contributed by atoms with Crippen LogP contribution in [-0.4, -0.2) is 31.1 Å². The summed E-state index contributed by atoms with van der Waals surface area (Å²) in [4.78, 5) is 16.4. The number of methoxy groups -OCH3 is 1. The molecule has 0 atom stereocenters. The van der Waals surface area contributed by atoms with Crippen LogP contribution in [0.5, 0.6) is 5.75 Å². The molecule has 5 nitrogen and oxygen atoms in total. The van der Waals surface area contributed by atoms with Crippen molar-refractivity contribution in [2.45, 2.75) is 20.3 Å². The molecular weight excluding hydrogens is 302 g/mol. The Bertz CT molecular complexity index is 671. The molecule has 1 amide bonds. The van der Waals surface area contributed by atoms with Gasteiger partial charge in [-0.2, -0.15) is 0 Å². The first-order valence-corrected chi connectivity index (χ1v) is 8.20. The highest BCUT2D eigenvalue weighted by Gasteiger charge is 2.07. The molecule has 0 saturated carbocycles. The molecule has 2 aromatic rings. The molecule has 0 saturated heterocycles. The molecule has 0 fully saturated rings. The molecule has 0 spiro atoms. The molecule has 1 aromatic heterocycles. The van der Waals surface area contributed by atoms with Crippen LogP contribution in [-0.2, 0) is 6.42 Å². The molecule has 2 N–H and O–H groups in total. The second-order valence-corrected chi connectivity index (χ2v) is 6.02. The topological polar surface area (TPSA) is 63.2 Å². The van der Waals surface area contributed by atoms with Crippen molar-refractivity contribution < 1.29 is 9.53 Å². The van der Waals surface area contributed by atoms with Crippen LogP contribution < -0.4 is 15.4 Å². The number of anilines is 1. The fourth-order valence-electron chi connectivity index (χ4n) is 2.30. The highest BCUT2D eigenvalue weighted by Crippen LogP contribution is 2.17. The Hall–Kier alpha value is -2.56. The third kappa shape index (κ3) is 5.26. The third-order valence-electron chi connectivity index (χ3n) is 3.59. The van der Waals surface area contributed by atoms with Gasteiger partial charge in [0, 0.05) is 24.8 Å². The van der Waals surface area contributed by atoms with E-state index in [9.17, 15) is 4.79 Å². The number of carbonyl (C=O) groups excluding carboxylic acids is 1. The Morgan fingerprint density at radius 1 is 1.25 bits per heavy atom. The number of nitrogens with zero attached hydrogens (tertiary/aromatic N) is 1. The molecule has 0 bridgehead atoms. The Balaban J connectivity index is 1.91. The maximum atomic E-state index is 12.1. The van der Waals surface area contributed by atoms with Crippen molar-refractivity contribution in [1.29, 1.82) is 0 Å². The highest BCUT2D eigenvalue weighted by atomic mass is 16.5. The Labute approximate surface area is 143 Å². The lowest BCUT2D eigenvalue weighted by molar-refractivity contribution is 0.0949. The molecule has 0 aliphatic carbocycles. The highest BCUT2D eigenvalue weighted by molar-refractivity contribution is 5.94. The fraction of sp³-hybridized carbons (Fsp3) is 0.368. The van der Waals surface area contributed by atoms with Gasteiger partial charge in [-0.25, -0.2) is 4.98 Å². The van der Waals surface area contributed by atoms with Crippen LogP contribution in [0.25, 0.3) is 0 Å². The van der Waals surface area contributed by atoms with Crippen LogP contribution in [0.4, 0.5) is 5.82 Å². The van der Waals surface area contributed by atoms with Gasteiger partial charge < -0.3 is 15.4 Å². The first-order valence-electron chi connectivity index (χ1n) is 8.20. The SMILES string of the molecule is COc1ccccc1CCNc1cc(C(=O)NCC(C)C)ccn1. The lowest BCUT2D eigenvalue weighted by Gasteiger charge is -2.11. The lowest BCUT2D eigenvalue weighted by Crippen LogP contribution is -2.27.